The molecule has 0 amide bonds. The molecule has 2 heterocycles. The van der Waals surface area contributed by atoms with Gasteiger partial charge in [-0.2, -0.15) is 0 Å². The van der Waals surface area contributed by atoms with Crippen molar-refractivity contribution in [3.8, 4) is 5.95 Å². The van der Waals surface area contributed by atoms with Crippen LogP contribution in [-0.2, 0) is 14.3 Å². The van der Waals surface area contributed by atoms with Crippen LogP contribution in [-0.4, -0.2) is 50.3 Å². The Morgan fingerprint density at radius 1 is 0.935 bits per heavy atom. The summed E-state index contributed by atoms with van der Waals surface area (Å²) >= 11 is 0. The van der Waals surface area contributed by atoms with Crippen LogP contribution in [0.15, 0.2) is 81.9 Å². The van der Waals surface area contributed by atoms with E-state index in [1.54, 1.807) is 13.0 Å². The summed E-state index contributed by atoms with van der Waals surface area (Å²) in [5.41, 5.74) is 1.02. The Bertz CT molecular complexity index is 1500. The van der Waals surface area contributed by atoms with E-state index in [0.717, 1.165) is 16.7 Å². The van der Waals surface area contributed by atoms with Gasteiger partial charge in [0.15, 0.2) is 0 Å². The molecule has 3 fully saturated rings. The van der Waals surface area contributed by atoms with Gasteiger partial charge in [-0.05, 0) is 81.4 Å². The number of hydrogen-bond acceptors (Lipinski definition) is 7. The van der Waals surface area contributed by atoms with Crippen molar-refractivity contribution >= 4 is 18.1 Å². The van der Waals surface area contributed by atoms with Crippen LogP contribution in [0.25, 0.3) is 12.2 Å². The molecule has 0 bridgehead atoms. The number of epoxide rings is 1. The van der Waals surface area contributed by atoms with Crippen LogP contribution in [0.4, 0.5) is 0 Å². The maximum Gasteiger partial charge on any atom is 0.302 e. The van der Waals surface area contributed by atoms with Crippen molar-refractivity contribution in [2.45, 2.75) is 117 Å². The summed E-state index contributed by atoms with van der Waals surface area (Å²) in [6.07, 6.45) is 23.1. The lowest BCUT2D eigenvalue weighted by Gasteiger charge is -2.46. The fraction of sp³-hybridized carbons (Fsp3) is 0.513. The van der Waals surface area contributed by atoms with Crippen molar-refractivity contribution in [1.29, 1.82) is 0 Å². The average molecular weight is 633 g/mol. The van der Waals surface area contributed by atoms with E-state index in [-0.39, 0.29) is 35.0 Å². The van der Waals surface area contributed by atoms with Crippen molar-refractivity contribution < 1.29 is 34.0 Å². The summed E-state index contributed by atoms with van der Waals surface area (Å²) in [5, 5.41) is 31.9. The third kappa shape index (κ3) is 7.76. The minimum Gasteiger partial charge on any atom is -0.480 e. The first kappa shape index (κ1) is 35.5. The molecule has 0 spiro atoms. The van der Waals surface area contributed by atoms with Crippen LogP contribution in [0.5, 0.6) is 5.95 Å². The number of aliphatic hydroxyl groups excluding tert-OH is 1. The molecule has 0 radical (unpaired) electrons. The number of aromatic hydroxyl groups is 1. The molecule has 250 valence electrons. The van der Waals surface area contributed by atoms with Crippen molar-refractivity contribution in [3.63, 3.8) is 0 Å². The Kier molecular flexibility index (Phi) is 10.0. The van der Waals surface area contributed by atoms with Crippen LogP contribution in [0.1, 0.15) is 99.3 Å². The summed E-state index contributed by atoms with van der Waals surface area (Å²) in [4.78, 5) is 11.4. The predicted octanol–water partition coefficient (Wildman–Crippen LogP) is 8.15. The maximum absolute atomic E-state index is 11.4. The van der Waals surface area contributed by atoms with Gasteiger partial charge in [-0.3, -0.25) is 4.79 Å². The number of carbonyl (C=O) groups excluding carboxylic acids is 1. The molecule has 5 atom stereocenters. The van der Waals surface area contributed by atoms with Crippen molar-refractivity contribution in [2.75, 3.05) is 0 Å². The van der Waals surface area contributed by atoms with E-state index in [1.807, 2.05) is 87.6 Å². The molecule has 46 heavy (non-hydrogen) atoms. The first-order chi connectivity index (χ1) is 21.3. The smallest absolute Gasteiger partial charge is 0.302 e. The fourth-order valence-electron chi connectivity index (χ4n) is 7.73. The molecule has 1 aliphatic heterocycles. The number of furan rings is 1. The monoisotopic (exact) mass is 632 g/mol. The van der Waals surface area contributed by atoms with E-state index in [0.29, 0.717) is 37.0 Å². The normalized spacial score (nSPS) is 33.8. The van der Waals surface area contributed by atoms with E-state index < -0.39 is 16.8 Å². The Morgan fingerprint density at radius 3 is 2.20 bits per heavy atom. The van der Waals surface area contributed by atoms with Gasteiger partial charge in [0.25, 0.3) is 5.95 Å². The van der Waals surface area contributed by atoms with E-state index >= 15 is 0 Å². The topological polar surface area (TPSA) is 113 Å². The quantitative estimate of drug-likeness (QED) is 0.143. The van der Waals surface area contributed by atoms with E-state index in [4.69, 9.17) is 13.9 Å². The molecule has 0 aromatic carbocycles. The van der Waals surface area contributed by atoms with Gasteiger partial charge in [0.2, 0.25) is 0 Å². The molecular weight excluding hydrogens is 580 g/mol. The van der Waals surface area contributed by atoms with E-state index in [2.05, 4.69) is 27.7 Å². The van der Waals surface area contributed by atoms with Gasteiger partial charge in [0.05, 0.1) is 17.3 Å². The summed E-state index contributed by atoms with van der Waals surface area (Å²) in [6.45, 7) is 17.6. The molecule has 4 rings (SSSR count). The van der Waals surface area contributed by atoms with Gasteiger partial charge < -0.3 is 29.2 Å². The number of hydrogen-bond donors (Lipinski definition) is 3. The lowest BCUT2D eigenvalue weighted by atomic mass is 9.63. The third-order valence-electron chi connectivity index (χ3n) is 9.70. The van der Waals surface area contributed by atoms with Crippen molar-refractivity contribution in [1.82, 2.24) is 0 Å². The third-order valence-corrected chi connectivity index (χ3v) is 9.70. The maximum atomic E-state index is 11.4. The molecular formula is C39H52O7. The lowest BCUT2D eigenvalue weighted by Crippen LogP contribution is -2.46. The number of esters is 1. The minimum absolute atomic E-state index is 0.141. The highest BCUT2D eigenvalue weighted by Crippen LogP contribution is 2.66. The molecule has 1 aromatic heterocycles. The summed E-state index contributed by atoms with van der Waals surface area (Å²) < 4.78 is 17.2. The Balaban J connectivity index is 1.33. The SMILES string of the molecule is CC(=O)O[C@H]1CC(C)(C)C(=C/C=C(C)/C=C/C=C/C=C/C(C)=C/c2cc(/C=C/[C@@]34O[C@]3(C)C[C@@H](O)CC4(C)C)c(O)o2)[C@](C)(O)C1. The molecule has 7 nitrogen and oxygen atoms in total. The van der Waals surface area contributed by atoms with Crippen LogP contribution < -0.4 is 0 Å². The number of fused-ring (bicyclic) bond motifs is 1. The number of aliphatic hydroxyl groups is 2. The van der Waals surface area contributed by atoms with Gasteiger partial charge in [-0.25, -0.2) is 0 Å². The summed E-state index contributed by atoms with van der Waals surface area (Å²) in [5.74, 6) is 0.0890. The van der Waals surface area contributed by atoms with Crippen molar-refractivity contribution in [2.24, 2.45) is 10.8 Å². The minimum atomic E-state index is -1.06. The zero-order valence-corrected chi connectivity index (χ0v) is 28.9. The standard InChI is InChI=1S/C39H52O7/c1-26(16-17-33-35(4,5)24-32(44-28(3)40)25-37(33,8)43)14-12-10-11-13-15-27(2)20-31-21-29(34(42)45-31)18-19-39-36(6,7)22-30(41)23-38(39,9)46-39/h10-21,30,32,41-43H,22-25H2,1-9H3/b11-10+,14-12+,15-13+,19-18+,26-16+,27-20+,33-17?/t30-,32-,37+,38+,39-/m0/s1. The highest BCUT2D eigenvalue weighted by molar-refractivity contribution is 5.66. The van der Waals surface area contributed by atoms with Gasteiger partial charge in [-0.15, -0.1) is 0 Å². The molecule has 7 heteroatoms. The average Bonchev–Trinajstić information content (AvgIpc) is 3.36. The molecule has 1 saturated heterocycles. The Morgan fingerprint density at radius 2 is 1.59 bits per heavy atom. The fourth-order valence-corrected chi connectivity index (χ4v) is 7.73. The number of carbonyl (C=O) groups is 1. The predicted molar refractivity (Wildman–Crippen MR) is 183 cm³/mol. The summed E-state index contributed by atoms with van der Waals surface area (Å²) in [6, 6.07) is 1.80. The zero-order valence-electron chi connectivity index (χ0n) is 28.9. The number of allylic oxidation sites excluding steroid dienone is 10. The first-order valence-corrected chi connectivity index (χ1v) is 16.2. The molecule has 3 aliphatic rings. The second kappa shape index (κ2) is 13.0. The highest BCUT2D eigenvalue weighted by atomic mass is 16.6. The van der Waals surface area contributed by atoms with E-state index in [9.17, 15) is 20.1 Å². The number of rotatable bonds is 9. The second-order valence-corrected chi connectivity index (χ2v) is 15.0. The van der Waals surface area contributed by atoms with Crippen LogP contribution >= 0.6 is 0 Å². The first-order valence-electron chi connectivity index (χ1n) is 16.2. The van der Waals surface area contributed by atoms with E-state index in [1.165, 1.54) is 6.92 Å². The van der Waals surface area contributed by atoms with Crippen LogP contribution in [0.3, 0.4) is 0 Å². The molecule has 2 aliphatic carbocycles. The second-order valence-electron chi connectivity index (χ2n) is 15.0. The molecule has 0 unspecified atom stereocenters. The lowest BCUT2D eigenvalue weighted by molar-refractivity contribution is -0.152. The molecule has 2 saturated carbocycles. The Hall–Kier alpha value is -3.39. The largest absolute Gasteiger partial charge is 0.480 e. The molecule has 1 aromatic rings. The Labute approximate surface area is 274 Å². The van der Waals surface area contributed by atoms with Crippen molar-refractivity contribution in [3.05, 3.63) is 88.8 Å². The van der Waals surface area contributed by atoms with Gasteiger partial charge in [0.1, 0.15) is 23.1 Å². The zero-order chi connectivity index (χ0) is 34.1. The van der Waals surface area contributed by atoms with Gasteiger partial charge >= 0.3 is 5.97 Å². The van der Waals surface area contributed by atoms with Crippen LogP contribution in [0.2, 0.25) is 0 Å². The number of ether oxygens (including phenoxy) is 2. The van der Waals surface area contributed by atoms with Gasteiger partial charge in [-0.1, -0.05) is 81.9 Å². The molecule has 3 N–H and O–H groups in total. The summed E-state index contributed by atoms with van der Waals surface area (Å²) in [7, 11) is 0. The van der Waals surface area contributed by atoms with Gasteiger partial charge in [0, 0.05) is 25.2 Å². The highest BCUT2D eigenvalue weighted by Gasteiger charge is 2.74. The van der Waals surface area contributed by atoms with Crippen LogP contribution in [0, 0.1) is 10.8 Å².